The first-order chi connectivity index (χ1) is 14.6. The SMILES string of the molecule is COCCCN1C(=S)N[C@@H](c2ccccn2)[C@@H]1c1ccc(-c2ccc(Br)cc2F)o1. The minimum atomic E-state index is -0.344. The number of halogens is 2. The summed E-state index contributed by atoms with van der Waals surface area (Å²) in [6, 6.07) is 14.0. The van der Waals surface area contributed by atoms with Gasteiger partial charge >= 0.3 is 0 Å². The number of nitrogens with zero attached hydrogens (tertiary/aromatic N) is 2. The lowest BCUT2D eigenvalue weighted by Crippen LogP contribution is -2.31. The van der Waals surface area contributed by atoms with Gasteiger partial charge < -0.3 is 19.4 Å². The topological polar surface area (TPSA) is 50.5 Å². The number of methoxy groups -OCH3 is 1. The van der Waals surface area contributed by atoms with Gasteiger partial charge in [0.1, 0.15) is 23.4 Å². The van der Waals surface area contributed by atoms with Crippen molar-refractivity contribution in [2.75, 3.05) is 20.3 Å². The second kappa shape index (κ2) is 9.24. The number of hydrogen-bond acceptors (Lipinski definition) is 4. The van der Waals surface area contributed by atoms with Crippen LogP contribution in [0.4, 0.5) is 4.39 Å². The lowest BCUT2D eigenvalue weighted by Gasteiger charge is -2.26. The minimum absolute atomic E-state index is 0.171. The fourth-order valence-corrected chi connectivity index (χ4v) is 4.35. The van der Waals surface area contributed by atoms with Gasteiger partial charge in [0.15, 0.2) is 5.11 Å². The van der Waals surface area contributed by atoms with E-state index in [2.05, 4.69) is 31.1 Å². The molecule has 0 radical (unpaired) electrons. The van der Waals surface area contributed by atoms with E-state index >= 15 is 0 Å². The van der Waals surface area contributed by atoms with Crippen molar-refractivity contribution in [3.05, 3.63) is 76.5 Å². The van der Waals surface area contributed by atoms with Gasteiger partial charge in [0.25, 0.3) is 0 Å². The molecule has 0 aliphatic carbocycles. The lowest BCUT2D eigenvalue weighted by molar-refractivity contribution is 0.177. The number of thiocarbonyl (C=S) groups is 1. The molecule has 8 heteroatoms. The van der Waals surface area contributed by atoms with E-state index in [9.17, 15) is 4.39 Å². The van der Waals surface area contributed by atoms with Crippen molar-refractivity contribution in [1.82, 2.24) is 15.2 Å². The molecule has 1 saturated heterocycles. The highest BCUT2D eigenvalue weighted by atomic mass is 79.9. The molecule has 1 N–H and O–H groups in total. The maximum atomic E-state index is 14.5. The average molecular weight is 490 g/mol. The predicted molar refractivity (Wildman–Crippen MR) is 120 cm³/mol. The van der Waals surface area contributed by atoms with Gasteiger partial charge in [0.05, 0.1) is 17.3 Å². The zero-order valence-electron chi connectivity index (χ0n) is 16.3. The van der Waals surface area contributed by atoms with Gasteiger partial charge in [-0.1, -0.05) is 22.0 Å². The molecule has 1 aliphatic heterocycles. The number of aromatic nitrogens is 1. The zero-order chi connectivity index (χ0) is 21.1. The van der Waals surface area contributed by atoms with Crippen LogP contribution < -0.4 is 5.32 Å². The van der Waals surface area contributed by atoms with E-state index < -0.39 is 0 Å². The Kier molecular flexibility index (Phi) is 6.46. The molecule has 156 valence electrons. The number of nitrogens with one attached hydrogen (secondary N) is 1. The van der Waals surface area contributed by atoms with Gasteiger partial charge in [-0.2, -0.15) is 0 Å². The second-order valence-electron chi connectivity index (χ2n) is 6.99. The van der Waals surface area contributed by atoms with Crippen LogP contribution in [0.25, 0.3) is 11.3 Å². The van der Waals surface area contributed by atoms with Crippen molar-refractivity contribution in [1.29, 1.82) is 0 Å². The Hall–Kier alpha value is -2.29. The Morgan fingerprint density at radius 2 is 2.13 bits per heavy atom. The monoisotopic (exact) mass is 489 g/mol. The van der Waals surface area contributed by atoms with E-state index in [1.54, 1.807) is 31.5 Å². The Morgan fingerprint density at radius 1 is 1.27 bits per heavy atom. The number of hydrogen-bond donors (Lipinski definition) is 1. The number of rotatable bonds is 7. The van der Waals surface area contributed by atoms with Crippen LogP contribution in [0.5, 0.6) is 0 Å². The molecule has 0 amide bonds. The van der Waals surface area contributed by atoms with Gasteiger partial charge in [0, 0.05) is 30.9 Å². The first kappa shape index (κ1) is 21.0. The van der Waals surface area contributed by atoms with Crippen molar-refractivity contribution < 1.29 is 13.5 Å². The minimum Gasteiger partial charge on any atom is -0.459 e. The van der Waals surface area contributed by atoms with Crippen molar-refractivity contribution in [2.45, 2.75) is 18.5 Å². The van der Waals surface area contributed by atoms with E-state index in [4.69, 9.17) is 21.4 Å². The third-order valence-electron chi connectivity index (χ3n) is 5.06. The van der Waals surface area contributed by atoms with Crippen LogP contribution in [0.3, 0.4) is 0 Å². The summed E-state index contributed by atoms with van der Waals surface area (Å²) in [5, 5.41) is 4.02. The Bertz CT molecular complexity index is 1030. The smallest absolute Gasteiger partial charge is 0.170 e. The quantitative estimate of drug-likeness (QED) is 0.361. The van der Waals surface area contributed by atoms with E-state index in [0.717, 1.165) is 12.1 Å². The molecule has 4 rings (SSSR count). The van der Waals surface area contributed by atoms with Gasteiger partial charge in [-0.3, -0.25) is 4.98 Å². The summed E-state index contributed by atoms with van der Waals surface area (Å²) in [7, 11) is 1.68. The summed E-state index contributed by atoms with van der Waals surface area (Å²) >= 11 is 8.91. The zero-order valence-corrected chi connectivity index (χ0v) is 18.7. The first-order valence-corrected chi connectivity index (χ1v) is 10.8. The Balaban J connectivity index is 1.69. The third-order valence-corrected chi connectivity index (χ3v) is 5.91. The Morgan fingerprint density at radius 3 is 2.87 bits per heavy atom. The molecule has 0 bridgehead atoms. The molecule has 30 heavy (non-hydrogen) atoms. The third kappa shape index (κ3) is 4.26. The second-order valence-corrected chi connectivity index (χ2v) is 8.29. The molecule has 2 atom stereocenters. The van der Waals surface area contributed by atoms with Crippen LogP contribution >= 0.6 is 28.1 Å². The van der Waals surface area contributed by atoms with E-state index in [1.807, 2.05) is 24.3 Å². The molecule has 1 aliphatic rings. The summed E-state index contributed by atoms with van der Waals surface area (Å²) in [5.74, 6) is 0.834. The number of furan rings is 1. The summed E-state index contributed by atoms with van der Waals surface area (Å²) in [4.78, 5) is 6.60. The maximum Gasteiger partial charge on any atom is 0.170 e. The van der Waals surface area contributed by atoms with Crippen LogP contribution in [0.2, 0.25) is 0 Å². The van der Waals surface area contributed by atoms with Crippen LogP contribution in [0.1, 0.15) is 30.0 Å². The molecule has 5 nitrogen and oxygen atoms in total. The molecule has 3 aromatic rings. The predicted octanol–water partition coefficient (Wildman–Crippen LogP) is 5.25. The fourth-order valence-electron chi connectivity index (χ4n) is 3.68. The molecule has 1 fully saturated rings. The lowest BCUT2D eigenvalue weighted by atomic mass is 10.0. The summed E-state index contributed by atoms with van der Waals surface area (Å²) < 4.78 is 26.5. The normalized spacial score (nSPS) is 18.6. The first-order valence-electron chi connectivity index (χ1n) is 9.60. The van der Waals surface area contributed by atoms with Gasteiger partial charge in [0.2, 0.25) is 0 Å². The van der Waals surface area contributed by atoms with Gasteiger partial charge in [-0.15, -0.1) is 0 Å². The molecule has 0 unspecified atom stereocenters. The maximum absolute atomic E-state index is 14.5. The molecular weight excluding hydrogens is 469 g/mol. The van der Waals surface area contributed by atoms with Crippen molar-refractivity contribution in [2.24, 2.45) is 0 Å². The highest BCUT2D eigenvalue weighted by Crippen LogP contribution is 2.40. The summed E-state index contributed by atoms with van der Waals surface area (Å²) in [6.07, 6.45) is 2.58. The fraction of sp³-hybridized carbons (Fsp3) is 0.273. The van der Waals surface area contributed by atoms with Crippen LogP contribution in [0.15, 0.2) is 63.6 Å². The summed E-state index contributed by atoms with van der Waals surface area (Å²) in [6.45, 7) is 1.34. The highest BCUT2D eigenvalue weighted by Gasteiger charge is 2.41. The molecule has 0 spiro atoms. The van der Waals surface area contributed by atoms with E-state index in [1.165, 1.54) is 6.07 Å². The largest absolute Gasteiger partial charge is 0.459 e. The van der Waals surface area contributed by atoms with E-state index in [0.29, 0.717) is 39.8 Å². The van der Waals surface area contributed by atoms with Crippen molar-refractivity contribution in [3.63, 3.8) is 0 Å². The standard InChI is InChI=1S/C22H21BrFN3O2S/c1-28-12-4-11-27-21(20(26-22(27)30)17-5-2-3-10-25-17)19-9-8-18(29-19)15-7-6-14(23)13-16(15)24/h2-3,5-10,13,20-21H,4,11-12H2,1H3,(H,26,30)/t20-,21-/m0/s1. The molecular formula is C22H21BrFN3O2S. The van der Waals surface area contributed by atoms with Crippen molar-refractivity contribution >= 4 is 33.3 Å². The van der Waals surface area contributed by atoms with Crippen LogP contribution in [-0.2, 0) is 4.74 Å². The average Bonchev–Trinajstić information content (AvgIpc) is 3.34. The van der Waals surface area contributed by atoms with Gasteiger partial charge in [-0.25, -0.2) is 4.39 Å². The van der Waals surface area contributed by atoms with Crippen molar-refractivity contribution in [3.8, 4) is 11.3 Å². The molecule has 2 aromatic heterocycles. The van der Waals surface area contributed by atoms with Crippen LogP contribution in [-0.4, -0.2) is 35.3 Å². The molecule has 0 saturated carbocycles. The number of pyridine rings is 1. The summed E-state index contributed by atoms with van der Waals surface area (Å²) in [5.41, 5.74) is 1.28. The highest BCUT2D eigenvalue weighted by molar-refractivity contribution is 9.10. The van der Waals surface area contributed by atoms with E-state index in [-0.39, 0.29) is 17.9 Å². The molecule has 3 heterocycles. The van der Waals surface area contributed by atoms with Gasteiger partial charge in [-0.05, 0) is 61.1 Å². The Labute approximate surface area is 188 Å². The number of ether oxygens (including phenoxy) is 1. The van der Waals surface area contributed by atoms with Crippen LogP contribution in [0, 0.1) is 5.82 Å². The number of benzene rings is 1. The molecule has 1 aromatic carbocycles.